The molecular formula is C2H5N3O. The zero-order valence-corrected chi connectivity index (χ0v) is 2.92. The van der Waals surface area contributed by atoms with E-state index in [0.717, 1.165) is 6.21 Å². The van der Waals surface area contributed by atoms with Crippen LogP contribution in [0.25, 0.3) is 0 Å². The summed E-state index contributed by atoms with van der Waals surface area (Å²) in [6, 6.07) is 0. The third-order valence-electron chi connectivity index (χ3n) is 0.402. The molecule has 0 aliphatic carbocycles. The lowest BCUT2D eigenvalue weighted by Crippen LogP contribution is -2.30. The average molecular weight is 89.1 g/mol. The highest BCUT2D eigenvalue weighted by Crippen LogP contribution is 1.71. The van der Waals surface area contributed by atoms with E-state index in [1.807, 2.05) is 5.53 Å². The van der Waals surface area contributed by atoms with Gasteiger partial charge in [0.1, 0.15) is 0 Å². The van der Waals surface area contributed by atoms with Gasteiger partial charge in [0.25, 0.3) is 0 Å². The zero-order chi connectivity index (χ0) is 6.20. The van der Waals surface area contributed by atoms with Gasteiger partial charge in [-0.25, -0.2) is 5.53 Å². The fourth-order valence-electron chi connectivity index (χ4n) is 0.196. The first-order valence-corrected chi connectivity index (χ1v) is 1.44. The van der Waals surface area contributed by atoms with Crippen LogP contribution in [0.5, 0.6) is 0 Å². The molecule has 1 rings (SSSR count). The van der Waals surface area contributed by atoms with Gasteiger partial charge < -0.3 is 5.11 Å². The maximum atomic E-state index is 8.66. The molecule has 0 aromatic heterocycles. The van der Waals surface area contributed by atoms with E-state index in [1.165, 1.54) is 0 Å². The number of hydrogen-bond acceptors (Lipinski definition) is 4. The smallest absolute Gasteiger partial charge is 0.160 e. The fourth-order valence-corrected chi connectivity index (χ4v) is 0.196. The summed E-state index contributed by atoms with van der Waals surface area (Å²) in [7, 11) is 0. The summed E-state index contributed by atoms with van der Waals surface area (Å²) < 4.78 is 13.5. The molecule has 0 fully saturated rings. The minimum absolute atomic E-state index is 0.424. The van der Waals surface area contributed by atoms with Crippen LogP contribution in [0.4, 0.5) is 0 Å². The number of hydrazone groups is 1. The summed E-state index contributed by atoms with van der Waals surface area (Å²) in [6.07, 6.45) is -1.08. The molecule has 6 heavy (non-hydrogen) atoms. The average Bonchev–Trinajstić information content (AvgIpc) is 1.86. The molecule has 4 heteroatoms. The van der Waals surface area contributed by atoms with Gasteiger partial charge in [-0.15, -0.1) is 0 Å². The second-order valence-corrected chi connectivity index (χ2v) is 0.828. The van der Waals surface area contributed by atoms with Crippen LogP contribution in [0.1, 0.15) is 1.37 Å². The summed E-state index contributed by atoms with van der Waals surface area (Å²) in [5.41, 5.74) is 2.47. The van der Waals surface area contributed by atoms with Crippen molar-refractivity contribution in [1.29, 1.82) is 0 Å². The molecule has 3 N–H and O–H groups in total. The molecule has 0 spiro atoms. The van der Waals surface area contributed by atoms with Gasteiger partial charge in [0, 0.05) is 0 Å². The molecule has 1 heterocycles. The first-order valence-electron chi connectivity index (χ1n) is 2.39. The van der Waals surface area contributed by atoms with E-state index in [9.17, 15) is 0 Å². The fraction of sp³-hybridized carbons (Fsp3) is 0.500. The van der Waals surface area contributed by atoms with Crippen LogP contribution in [0.3, 0.4) is 0 Å². The van der Waals surface area contributed by atoms with E-state index in [4.69, 9.17) is 7.89 Å². The zero-order valence-electron chi connectivity index (χ0n) is 4.92. The lowest BCUT2D eigenvalue weighted by molar-refractivity contribution is 0.203. The first-order chi connectivity index (χ1) is 3.63. The number of nitrogens with zero attached hydrogens (tertiary/aromatic N) is 1. The predicted molar refractivity (Wildman–Crippen MR) is 20.8 cm³/mol. The summed E-state index contributed by atoms with van der Waals surface area (Å²) in [5.74, 6) is 0. The second-order valence-electron chi connectivity index (χ2n) is 0.828. The monoisotopic (exact) mass is 89.1 g/mol. The molecule has 0 saturated heterocycles. The Labute approximate surface area is 37.7 Å². The van der Waals surface area contributed by atoms with Crippen LogP contribution in [-0.4, -0.2) is 17.5 Å². The Bertz CT molecular complexity index is 124. The highest BCUT2D eigenvalue weighted by molar-refractivity contribution is 5.62. The molecule has 0 radical (unpaired) electrons. The van der Waals surface area contributed by atoms with Gasteiger partial charge in [-0.1, -0.05) is 0 Å². The minimum atomic E-state index is -2.00. The van der Waals surface area contributed by atoms with Crippen molar-refractivity contribution in [1.82, 2.24) is 11.0 Å². The molecule has 1 unspecified atom stereocenters. The third-order valence-corrected chi connectivity index (χ3v) is 0.402. The minimum Gasteiger partial charge on any atom is -0.372 e. The first kappa shape index (κ1) is 1.90. The molecule has 1 aliphatic heterocycles. The Morgan fingerprint density at radius 2 is 3.17 bits per heavy atom. The molecular weight excluding hydrogens is 82.0 g/mol. The van der Waals surface area contributed by atoms with Gasteiger partial charge in [-0.2, -0.15) is 10.5 Å². The lowest BCUT2D eigenvalue weighted by atomic mass is 10.7. The topological polar surface area (TPSA) is 56.7 Å². The maximum Gasteiger partial charge on any atom is 0.160 e. The van der Waals surface area contributed by atoms with Gasteiger partial charge in [-0.05, 0) is 0 Å². The van der Waals surface area contributed by atoms with Crippen molar-refractivity contribution in [2.24, 2.45) is 5.10 Å². The highest BCUT2D eigenvalue weighted by atomic mass is 16.3. The molecule has 0 aromatic carbocycles. The van der Waals surface area contributed by atoms with Crippen LogP contribution in [-0.2, 0) is 0 Å². The normalized spacial score (nSPS) is 50.8. The van der Waals surface area contributed by atoms with Crippen molar-refractivity contribution in [3.05, 3.63) is 0 Å². The highest BCUT2D eigenvalue weighted by Gasteiger charge is 1.99. The molecule has 1 atom stereocenters. The number of hydrazine groups is 1. The van der Waals surface area contributed by atoms with Crippen molar-refractivity contribution in [2.45, 2.75) is 6.20 Å². The van der Waals surface area contributed by atoms with Crippen molar-refractivity contribution >= 4 is 6.21 Å². The molecule has 0 amide bonds. The van der Waals surface area contributed by atoms with Crippen molar-refractivity contribution in [3.8, 4) is 0 Å². The van der Waals surface area contributed by atoms with Crippen molar-refractivity contribution < 1.29 is 7.89 Å². The van der Waals surface area contributed by atoms with Crippen LogP contribution < -0.4 is 11.0 Å². The third kappa shape index (κ3) is 0.474. The summed E-state index contributed by atoms with van der Waals surface area (Å²) >= 11 is 0. The van der Waals surface area contributed by atoms with Gasteiger partial charge >= 0.3 is 0 Å². The predicted octanol–water partition coefficient (Wildman–Crippen LogP) is -1.60. The summed E-state index contributed by atoms with van der Waals surface area (Å²) in [4.78, 5) is 0. The summed E-state index contributed by atoms with van der Waals surface area (Å²) in [5, 5.41) is 11.9. The number of nitrogens with one attached hydrogen (secondary N) is 2. The number of hydrogen-bond donors (Lipinski definition) is 3. The van der Waals surface area contributed by atoms with Crippen molar-refractivity contribution in [3.63, 3.8) is 0 Å². The Balaban J connectivity index is 2.67. The molecule has 34 valence electrons. The number of rotatable bonds is 0. The van der Waals surface area contributed by atoms with Crippen LogP contribution in [0, 0.1) is 0 Å². The Hall–Kier alpha value is -0.610. The van der Waals surface area contributed by atoms with E-state index in [2.05, 4.69) is 5.10 Å². The van der Waals surface area contributed by atoms with Crippen LogP contribution in [0.2, 0.25) is 1.41 Å². The maximum absolute atomic E-state index is 8.66. The Morgan fingerprint density at radius 1 is 2.33 bits per heavy atom. The van der Waals surface area contributed by atoms with E-state index in [1.54, 1.807) is 0 Å². The van der Waals surface area contributed by atoms with Crippen LogP contribution in [0.15, 0.2) is 5.10 Å². The van der Waals surface area contributed by atoms with E-state index >= 15 is 0 Å². The molecule has 0 saturated carbocycles. The van der Waals surface area contributed by atoms with E-state index < -0.39 is 6.20 Å². The molecule has 1 aliphatic rings. The van der Waals surface area contributed by atoms with Crippen LogP contribution >= 0.6 is 0 Å². The van der Waals surface area contributed by atoms with E-state index in [0.29, 0.717) is 5.42 Å². The quantitative estimate of drug-likeness (QED) is 0.335. The van der Waals surface area contributed by atoms with Gasteiger partial charge in [-0.3, -0.25) is 0 Å². The molecule has 0 bridgehead atoms. The van der Waals surface area contributed by atoms with Gasteiger partial charge in [0.2, 0.25) is 0 Å². The largest absolute Gasteiger partial charge is 0.372 e. The summed E-state index contributed by atoms with van der Waals surface area (Å²) in [6.45, 7) is 0. The van der Waals surface area contributed by atoms with E-state index in [-0.39, 0.29) is 0 Å². The van der Waals surface area contributed by atoms with Crippen molar-refractivity contribution in [2.75, 3.05) is 0 Å². The Kier molecular flexibility index (Phi) is 0.392. The number of aliphatic hydroxyl groups is 1. The molecule has 4 nitrogen and oxygen atoms in total. The van der Waals surface area contributed by atoms with Gasteiger partial charge in [0.05, 0.1) is 7.59 Å². The lowest BCUT2D eigenvalue weighted by Gasteiger charge is -1.92. The standard InChI is InChI=1S/C2H5N3O/c6-2-1-3-5-4-2/h1-2,4-6H/i2D/hD. The second kappa shape index (κ2) is 1.24. The van der Waals surface area contributed by atoms with Gasteiger partial charge in [0.15, 0.2) is 7.62 Å². The Morgan fingerprint density at radius 3 is 3.33 bits per heavy atom. The molecule has 0 aromatic rings. The SMILES string of the molecule is [2H]N1NN=CC1([2H])O.